The van der Waals surface area contributed by atoms with E-state index < -0.39 is 24.4 Å². The number of likely N-dealkylation sites (tertiary alicyclic amines) is 1. The monoisotopic (exact) mass is 693 g/mol. The number of hydrogen-bond acceptors (Lipinski definition) is 9. The van der Waals surface area contributed by atoms with Crippen molar-refractivity contribution < 1.29 is 37.0 Å². The molecule has 0 aliphatic carbocycles. The molecule has 2 fully saturated rings. The first-order chi connectivity index (χ1) is 22.6. The summed E-state index contributed by atoms with van der Waals surface area (Å²) in [5.41, 5.74) is -0.156. The predicted octanol–water partition coefficient (Wildman–Crippen LogP) is 7.48. The van der Waals surface area contributed by atoms with Gasteiger partial charge in [-0.15, -0.1) is 11.3 Å². The van der Waals surface area contributed by atoms with Crippen LogP contribution in [0.4, 0.5) is 23.4 Å². The normalized spacial score (nSPS) is 17.4. The molecule has 48 heavy (non-hydrogen) atoms. The number of carbonyl (C=O) groups is 2. The second kappa shape index (κ2) is 16.6. The van der Waals surface area contributed by atoms with Crippen LogP contribution in [-0.2, 0) is 23.9 Å². The van der Waals surface area contributed by atoms with Gasteiger partial charge in [-0.3, -0.25) is 18.9 Å². The first kappa shape index (κ1) is 37.2. The number of carboxylic acids is 1. The molecule has 2 aromatic heterocycles. The van der Waals surface area contributed by atoms with Crippen molar-refractivity contribution in [2.45, 2.75) is 84.5 Å². The zero-order valence-electron chi connectivity index (χ0n) is 26.3. The van der Waals surface area contributed by atoms with Crippen molar-refractivity contribution in [2.75, 3.05) is 37.8 Å². The number of anilines is 1. The molecule has 1 aromatic carbocycles. The number of carboxylic acid groups (broad SMARTS) is 1. The van der Waals surface area contributed by atoms with Gasteiger partial charge in [-0.1, -0.05) is 20.8 Å². The molecule has 2 aliphatic heterocycles. The van der Waals surface area contributed by atoms with Gasteiger partial charge in [0.15, 0.2) is 5.78 Å². The molecule has 3 aromatic rings. The summed E-state index contributed by atoms with van der Waals surface area (Å²) in [6.45, 7) is 3.71. The molecule has 1 N–H and O–H groups in total. The molecule has 1 unspecified atom stereocenters. The molecule has 9 nitrogen and oxygen atoms in total. The van der Waals surface area contributed by atoms with E-state index in [0.29, 0.717) is 55.0 Å². The quantitative estimate of drug-likeness (QED) is 0.104. The Morgan fingerprint density at radius 3 is 2.52 bits per heavy atom. The maximum absolute atomic E-state index is 14.1. The van der Waals surface area contributed by atoms with Gasteiger partial charge in [0, 0.05) is 42.5 Å². The van der Waals surface area contributed by atoms with Gasteiger partial charge in [0.25, 0.3) is 0 Å². The number of nitrogens with zero attached hydrogens (tertiary/aromatic N) is 5. The van der Waals surface area contributed by atoms with E-state index in [0.717, 1.165) is 43.2 Å². The summed E-state index contributed by atoms with van der Waals surface area (Å²) < 4.78 is 60.2. The summed E-state index contributed by atoms with van der Waals surface area (Å²) in [5.74, 6) is -1.30. The fourth-order valence-electron chi connectivity index (χ4n) is 6.23. The highest BCUT2D eigenvalue weighted by molar-refractivity contribution is 7.12. The third kappa shape index (κ3) is 9.07. The molecule has 0 radical (unpaired) electrons. The fourth-order valence-corrected chi connectivity index (χ4v) is 7.35. The van der Waals surface area contributed by atoms with Crippen molar-refractivity contribution in [3.63, 3.8) is 0 Å². The maximum Gasteiger partial charge on any atom is 0.419 e. The summed E-state index contributed by atoms with van der Waals surface area (Å²) in [5, 5.41) is 9.70. The van der Waals surface area contributed by atoms with Crippen LogP contribution >= 0.6 is 11.3 Å². The van der Waals surface area contributed by atoms with Crippen molar-refractivity contribution in [2.24, 2.45) is 5.92 Å². The van der Waals surface area contributed by atoms with Crippen molar-refractivity contribution in [1.82, 2.24) is 19.9 Å². The van der Waals surface area contributed by atoms with E-state index in [4.69, 9.17) is 9.72 Å². The minimum atomic E-state index is -4.70. The van der Waals surface area contributed by atoms with Crippen LogP contribution in [0.1, 0.15) is 85.2 Å². The zero-order valence-corrected chi connectivity index (χ0v) is 27.1. The summed E-state index contributed by atoms with van der Waals surface area (Å²) in [4.78, 5) is 43.0. The van der Waals surface area contributed by atoms with E-state index in [2.05, 4.69) is 21.8 Å². The standard InChI is InChI=1S/C33H39F4N5O4S.CH4/c1-2-5-23-6-3-12-42(23)20-28-31(22-7-8-27(46-15-4-11-34)24(16-22)33(35,36)37)40-30(47-28)17-26(43)25-18-39-29(19-38-25)41-13-9-21(10-14-41)32(44)45;/h7-8,16,18-19,21,23H,2-6,9-15,17,20H2,1H3,(H,44,45);1H4. The lowest BCUT2D eigenvalue weighted by Crippen LogP contribution is -2.36. The molecule has 4 heterocycles. The number of halogens is 4. The molecular formula is C34H43F4N5O4S. The third-order valence-corrected chi connectivity index (χ3v) is 9.75. The van der Waals surface area contributed by atoms with Gasteiger partial charge in [-0.2, -0.15) is 13.2 Å². The zero-order chi connectivity index (χ0) is 33.6. The van der Waals surface area contributed by atoms with Gasteiger partial charge in [0.2, 0.25) is 0 Å². The van der Waals surface area contributed by atoms with Crippen LogP contribution in [0.5, 0.6) is 5.75 Å². The van der Waals surface area contributed by atoms with Crippen LogP contribution in [0.25, 0.3) is 11.3 Å². The van der Waals surface area contributed by atoms with Crippen LogP contribution in [0.2, 0.25) is 0 Å². The number of aliphatic carboxylic acids is 1. The highest BCUT2D eigenvalue weighted by Gasteiger charge is 2.36. The first-order valence-corrected chi connectivity index (χ1v) is 16.8. The Hall–Kier alpha value is -3.65. The molecular weight excluding hydrogens is 650 g/mol. The van der Waals surface area contributed by atoms with Gasteiger partial charge >= 0.3 is 12.1 Å². The number of rotatable bonds is 14. The van der Waals surface area contributed by atoms with E-state index in [1.807, 2.05) is 4.90 Å². The van der Waals surface area contributed by atoms with Crippen molar-refractivity contribution in [1.29, 1.82) is 0 Å². The number of thiazole rings is 1. The highest BCUT2D eigenvalue weighted by Crippen LogP contribution is 2.41. The minimum Gasteiger partial charge on any atom is -0.493 e. The molecule has 262 valence electrons. The Morgan fingerprint density at radius 1 is 1.10 bits per heavy atom. The van der Waals surface area contributed by atoms with Gasteiger partial charge in [-0.05, 0) is 56.8 Å². The molecule has 0 amide bonds. The Morgan fingerprint density at radius 2 is 1.88 bits per heavy atom. The van der Waals surface area contributed by atoms with Crippen LogP contribution in [0.15, 0.2) is 30.6 Å². The summed E-state index contributed by atoms with van der Waals surface area (Å²) in [6.07, 6.45) is 3.24. The second-order valence-corrected chi connectivity index (χ2v) is 13.2. The van der Waals surface area contributed by atoms with Crippen molar-refractivity contribution in [3.05, 3.63) is 51.7 Å². The molecule has 0 spiro atoms. The van der Waals surface area contributed by atoms with E-state index >= 15 is 0 Å². The third-order valence-electron chi connectivity index (χ3n) is 8.71. The Labute approximate surface area is 282 Å². The minimum absolute atomic E-state index is 0. The van der Waals surface area contributed by atoms with Crippen LogP contribution < -0.4 is 9.64 Å². The molecule has 2 saturated heterocycles. The van der Waals surface area contributed by atoms with E-state index in [-0.39, 0.29) is 55.6 Å². The molecule has 14 heteroatoms. The fraction of sp³-hybridized carbons (Fsp3) is 0.559. The average Bonchev–Trinajstić information content (AvgIpc) is 3.67. The molecule has 0 bridgehead atoms. The van der Waals surface area contributed by atoms with Gasteiger partial charge < -0.3 is 14.7 Å². The van der Waals surface area contributed by atoms with Gasteiger partial charge in [0.05, 0.1) is 49.3 Å². The van der Waals surface area contributed by atoms with Crippen molar-refractivity contribution >= 4 is 28.9 Å². The molecule has 5 rings (SSSR count). The average molecular weight is 694 g/mol. The number of carbonyl (C=O) groups excluding carboxylic acids is 1. The summed E-state index contributed by atoms with van der Waals surface area (Å²) >= 11 is 1.31. The van der Waals surface area contributed by atoms with E-state index in [9.17, 15) is 32.3 Å². The highest BCUT2D eigenvalue weighted by atomic mass is 32.1. The predicted molar refractivity (Wildman–Crippen MR) is 176 cm³/mol. The number of alkyl halides is 4. The number of ketones is 1. The number of aromatic nitrogens is 3. The molecule has 0 saturated carbocycles. The van der Waals surface area contributed by atoms with Crippen LogP contribution in [0, 0.1) is 5.92 Å². The number of piperidine rings is 1. The summed E-state index contributed by atoms with van der Waals surface area (Å²) in [6, 6.07) is 4.18. The number of Topliss-reactive ketones (excluding diaryl/α,β-unsaturated/α-hetero) is 1. The van der Waals surface area contributed by atoms with Crippen molar-refractivity contribution in [3.8, 4) is 17.0 Å². The lowest BCUT2D eigenvalue weighted by atomic mass is 9.97. The van der Waals surface area contributed by atoms with Crippen LogP contribution in [0.3, 0.4) is 0 Å². The van der Waals surface area contributed by atoms with E-state index in [1.54, 1.807) is 0 Å². The van der Waals surface area contributed by atoms with E-state index in [1.165, 1.54) is 35.9 Å². The molecule has 2 aliphatic rings. The van der Waals surface area contributed by atoms with Gasteiger partial charge in [-0.25, -0.2) is 15.0 Å². The Balaban J connectivity index is 0.00000520. The largest absolute Gasteiger partial charge is 0.493 e. The number of hydrogen-bond donors (Lipinski definition) is 1. The maximum atomic E-state index is 14.1. The lowest BCUT2D eigenvalue weighted by molar-refractivity contribution is -0.142. The molecule has 1 atom stereocenters. The number of ether oxygens (including phenoxy) is 1. The lowest BCUT2D eigenvalue weighted by Gasteiger charge is -2.30. The summed E-state index contributed by atoms with van der Waals surface area (Å²) in [7, 11) is 0. The van der Waals surface area contributed by atoms with Gasteiger partial charge in [0.1, 0.15) is 22.3 Å². The Kier molecular flexibility index (Phi) is 12.9. The smallest absolute Gasteiger partial charge is 0.419 e. The first-order valence-electron chi connectivity index (χ1n) is 16.0. The second-order valence-electron chi connectivity index (χ2n) is 12.0. The SMILES string of the molecule is C.CCCC1CCCN1Cc1sc(CC(=O)c2cnc(N3CCC(C(=O)O)CC3)cn2)nc1-c1ccc(OCCCF)c(C(F)(F)F)c1. The van der Waals surface area contributed by atoms with Crippen LogP contribution in [-0.4, -0.2) is 75.7 Å². The Bertz CT molecular complexity index is 1530. The number of benzene rings is 1. The topological polar surface area (TPSA) is 109 Å².